The first-order valence-electron chi connectivity index (χ1n) is 9.04. The van der Waals surface area contributed by atoms with Gasteiger partial charge >= 0.3 is 0 Å². The van der Waals surface area contributed by atoms with E-state index in [4.69, 9.17) is 4.74 Å². The van der Waals surface area contributed by atoms with Crippen molar-refractivity contribution in [2.75, 3.05) is 26.2 Å². The Morgan fingerprint density at radius 2 is 1.70 bits per heavy atom. The maximum Gasteiger partial charge on any atom is 0.254 e. The number of hydrogen-bond acceptors (Lipinski definition) is 5. The third-order valence-corrected chi connectivity index (χ3v) is 6.73. The van der Waals surface area contributed by atoms with Crippen molar-refractivity contribution in [1.29, 1.82) is 0 Å². The molecule has 1 aromatic rings. The molecule has 1 N–H and O–H groups in total. The van der Waals surface area contributed by atoms with E-state index in [0.29, 0.717) is 31.7 Å². The Balaban J connectivity index is 1.78. The zero-order valence-corrected chi connectivity index (χ0v) is 16.5. The topological polar surface area (TPSA) is 96.0 Å². The Morgan fingerprint density at radius 3 is 2.30 bits per heavy atom. The van der Waals surface area contributed by atoms with Gasteiger partial charge in [-0.25, -0.2) is 8.42 Å². The molecule has 2 aliphatic rings. The Labute approximate surface area is 159 Å². The van der Waals surface area contributed by atoms with E-state index in [0.717, 1.165) is 0 Å². The molecule has 0 bridgehead atoms. The minimum Gasteiger partial charge on any atom is -0.373 e. The Bertz CT molecular complexity index is 814. The van der Waals surface area contributed by atoms with Crippen molar-refractivity contribution < 1.29 is 22.7 Å². The largest absolute Gasteiger partial charge is 0.373 e. The van der Waals surface area contributed by atoms with Gasteiger partial charge in [-0.1, -0.05) is 0 Å². The quantitative estimate of drug-likeness (QED) is 0.801. The number of hydrogen-bond donors (Lipinski definition) is 1. The molecule has 27 heavy (non-hydrogen) atoms. The second kappa shape index (κ2) is 7.57. The molecule has 2 heterocycles. The molecular weight excluding hydrogens is 370 g/mol. The third kappa shape index (κ3) is 3.99. The molecule has 8 nitrogen and oxygen atoms in total. The summed E-state index contributed by atoms with van der Waals surface area (Å²) in [5, 5.41) is 2.71. The van der Waals surface area contributed by atoms with Crippen molar-refractivity contribution in [1.82, 2.24) is 14.5 Å². The predicted octanol–water partition coefficient (Wildman–Crippen LogP) is 0.445. The molecule has 0 saturated carbocycles. The number of carbonyl (C=O) groups excluding carboxylic acids is 2. The lowest BCUT2D eigenvalue weighted by atomic mass is 10.1. The fourth-order valence-electron chi connectivity index (χ4n) is 3.47. The number of carbonyl (C=O) groups is 2. The van der Waals surface area contributed by atoms with Gasteiger partial charge in [0.25, 0.3) is 5.91 Å². The van der Waals surface area contributed by atoms with Gasteiger partial charge in [-0.2, -0.15) is 4.31 Å². The Hall–Kier alpha value is -1.97. The molecule has 2 fully saturated rings. The average molecular weight is 395 g/mol. The first-order chi connectivity index (χ1) is 12.7. The van der Waals surface area contributed by atoms with Gasteiger partial charge in [-0.15, -0.1) is 0 Å². The van der Waals surface area contributed by atoms with Crippen LogP contribution in [-0.4, -0.2) is 73.9 Å². The number of amides is 2. The van der Waals surface area contributed by atoms with Crippen LogP contribution in [0.5, 0.6) is 0 Å². The van der Waals surface area contributed by atoms with Crippen molar-refractivity contribution in [2.24, 2.45) is 0 Å². The molecule has 2 amide bonds. The van der Waals surface area contributed by atoms with Crippen LogP contribution >= 0.6 is 0 Å². The molecule has 148 valence electrons. The van der Waals surface area contributed by atoms with E-state index in [1.54, 1.807) is 6.92 Å². The van der Waals surface area contributed by atoms with Gasteiger partial charge in [0.2, 0.25) is 15.9 Å². The highest BCUT2D eigenvalue weighted by atomic mass is 32.2. The normalized spacial score (nSPS) is 27.3. The van der Waals surface area contributed by atoms with Crippen LogP contribution in [0.1, 0.15) is 31.1 Å². The SMILES string of the molecule is CC1CN(S(=O)(=O)c2ccc(C(=O)N3CCNC(=O)C3C)cc2)CC(C)O1. The maximum atomic E-state index is 12.9. The Kier molecular flexibility index (Phi) is 5.55. The van der Waals surface area contributed by atoms with Crippen molar-refractivity contribution in [3.8, 4) is 0 Å². The fourth-order valence-corrected chi connectivity index (χ4v) is 5.06. The average Bonchev–Trinajstić information content (AvgIpc) is 2.63. The maximum absolute atomic E-state index is 12.9. The number of sulfonamides is 1. The number of rotatable bonds is 3. The number of ether oxygens (including phenoxy) is 1. The number of nitrogens with one attached hydrogen (secondary N) is 1. The van der Waals surface area contributed by atoms with Gasteiger partial charge in [0, 0.05) is 31.7 Å². The smallest absolute Gasteiger partial charge is 0.254 e. The lowest BCUT2D eigenvalue weighted by molar-refractivity contribution is -0.127. The highest BCUT2D eigenvalue weighted by Gasteiger charge is 2.33. The molecule has 0 aliphatic carbocycles. The summed E-state index contributed by atoms with van der Waals surface area (Å²) in [5.74, 6) is -0.473. The molecule has 3 atom stereocenters. The van der Waals surface area contributed by atoms with Crippen LogP contribution in [0.25, 0.3) is 0 Å². The van der Waals surface area contributed by atoms with E-state index in [1.165, 1.54) is 33.5 Å². The summed E-state index contributed by atoms with van der Waals surface area (Å²) < 4.78 is 32.8. The first kappa shape index (κ1) is 19.8. The third-order valence-electron chi connectivity index (χ3n) is 4.88. The zero-order valence-electron chi connectivity index (χ0n) is 15.7. The minimum atomic E-state index is -3.65. The summed E-state index contributed by atoms with van der Waals surface area (Å²) in [6, 6.07) is 5.35. The van der Waals surface area contributed by atoms with Crippen LogP contribution in [0, 0.1) is 0 Å². The van der Waals surface area contributed by atoms with Crippen molar-refractivity contribution in [3.05, 3.63) is 29.8 Å². The molecule has 1 aromatic carbocycles. The van der Waals surface area contributed by atoms with E-state index in [-0.39, 0.29) is 28.9 Å². The molecule has 0 spiro atoms. The van der Waals surface area contributed by atoms with Crippen LogP contribution < -0.4 is 5.32 Å². The molecule has 2 aliphatic heterocycles. The molecule has 3 unspecified atom stereocenters. The summed E-state index contributed by atoms with van der Waals surface area (Å²) in [5.41, 5.74) is 0.360. The van der Waals surface area contributed by atoms with Gasteiger partial charge in [0.15, 0.2) is 0 Å². The van der Waals surface area contributed by atoms with Crippen LogP contribution in [-0.2, 0) is 19.6 Å². The lowest BCUT2D eigenvalue weighted by Gasteiger charge is -2.34. The van der Waals surface area contributed by atoms with E-state index in [9.17, 15) is 18.0 Å². The number of piperazine rings is 1. The van der Waals surface area contributed by atoms with Crippen LogP contribution in [0.15, 0.2) is 29.2 Å². The minimum absolute atomic E-state index is 0.143. The van der Waals surface area contributed by atoms with Crippen LogP contribution in [0.2, 0.25) is 0 Å². The molecule has 9 heteroatoms. The van der Waals surface area contributed by atoms with E-state index in [1.807, 2.05) is 13.8 Å². The van der Waals surface area contributed by atoms with Crippen molar-refractivity contribution in [3.63, 3.8) is 0 Å². The zero-order chi connectivity index (χ0) is 19.8. The highest BCUT2D eigenvalue weighted by molar-refractivity contribution is 7.89. The standard InChI is InChI=1S/C18H25N3O5S/c1-12-10-20(11-13(2)26-12)27(24,25)16-6-4-15(5-7-16)18(23)21-9-8-19-17(22)14(21)3/h4-7,12-14H,8-11H2,1-3H3,(H,19,22). The Morgan fingerprint density at radius 1 is 1.11 bits per heavy atom. The van der Waals surface area contributed by atoms with Crippen LogP contribution in [0.3, 0.4) is 0 Å². The van der Waals surface area contributed by atoms with E-state index < -0.39 is 16.1 Å². The molecule has 0 aromatic heterocycles. The number of benzene rings is 1. The first-order valence-corrected chi connectivity index (χ1v) is 10.5. The van der Waals surface area contributed by atoms with Crippen molar-refractivity contribution in [2.45, 2.75) is 43.9 Å². The van der Waals surface area contributed by atoms with Gasteiger partial charge in [-0.3, -0.25) is 9.59 Å². The van der Waals surface area contributed by atoms with E-state index in [2.05, 4.69) is 5.32 Å². The second-order valence-electron chi connectivity index (χ2n) is 7.07. The molecular formula is C18H25N3O5S. The van der Waals surface area contributed by atoms with Gasteiger partial charge in [0.05, 0.1) is 17.1 Å². The second-order valence-corrected chi connectivity index (χ2v) is 9.01. The monoisotopic (exact) mass is 395 g/mol. The summed E-state index contributed by atoms with van der Waals surface area (Å²) in [6.45, 7) is 6.80. The lowest BCUT2D eigenvalue weighted by Crippen LogP contribution is -2.55. The number of nitrogens with zero attached hydrogens (tertiary/aromatic N) is 2. The van der Waals surface area contributed by atoms with Crippen molar-refractivity contribution >= 4 is 21.8 Å². The highest BCUT2D eigenvalue weighted by Crippen LogP contribution is 2.22. The summed E-state index contributed by atoms with van der Waals surface area (Å²) in [7, 11) is -3.65. The molecule has 3 rings (SSSR count). The predicted molar refractivity (Wildman–Crippen MR) is 98.7 cm³/mol. The summed E-state index contributed by atoms with van der Waals surface area (Å²) >= 11 is 0. The number of morpholine rings is 1. The van der Waals surface area contributed by atoms with Gasteiger partial charge < -0.3 is 15.0 Å². The summed E-state index contributed by atoms with van der Waals surface area (Å²) in [6.07, 6.45) is -0.341. The molecule has 0 radical (unpaired) electrons. The summed E-state index contributed by atoms with van der Waals surface area (Å²) in [4.78, 5) is 26.1. The fraction of sp³-hybridized carbons (Fsp3) is 0.556. The van der Waals surface area contributed by atoms with E-state index >= 15 is 0 Å². The van der Waals surface area contributed by atoms with Gasteiger partial charge in [0.1, 0.15) is 6.04 Å². The molecule has 2 saturated heterocycles. The van der Waals surface area contributed by atoms with Crippen LogP contribution in [0.4, 0.5) is 0 Å². The van der Waals surface area contributed by atoms with Gasteiger partial charge in [-0.05, 0) is 45.0 Å².